The van der Waals surface area contributed by atoms with Gasteiger partial charge in [-0.15, -0.1) is 5.10 Å². The quantitative estimate of drug-likeness (QED) is 0.390. The van der Waals surface area contributed by atoms with E-state index in [-0.39, 0.29) is 22.8 Å². The zero-order chi connectivity index (χ0) is 14.4. The lowest BCUT2D eigenvalue weighted by Gasteiger charge is -2.11. The predicted molar refractivity (Wildman–Crippen MR) is 69.9 cm³/mol. The van der Waals surface area contributed by atoms with Crippen LogP contribution in [0.3, 0.4) is 0 Å². The number of carboxylic acids is 1. The van der Waals surface area contributed by atoms with E-state index in [2.05, 4.69) is 10.2 Å². The first-order valence-corrected chi connectivity index (χ1v) is 5.11. The van der Waals surface area contributed by atoms with Crippen molar-refractivity contribution in [3.8, 4) is 11.5 Å². The zero-order valence-corrected chi connectivity index (χ0v) is 10.5. The minimum atomic E-state index is -1.18. The fraction of sp³-hybridized carbons (Fsp3) is 0.182. The molecule has 0 bridgehead atoms. The van der Waals surface area contributed by atoms with E-state index in [1.165, 1.54) is 26.5 Å². The number of carboxylic acid groups (broad SMARTS) is 1. The maximum Gasteiger partial charge on any atom is 0.340 e. The molecule has 0 atom stereocenters. The van der Waals surface area contributed by atoms with Crippen LogP contribution in [0.2, 0.25) is 0 Å². The summed E-state index contributed by atoms with van der Waals surface area (Å²) in [6.45, 7) is 0. The third kappa shape index (κ3) is 3.35. The lowest BCUT2D eigenvalue weighted by atomic mass is 10.1. The number of rotatable bonds is 5. The van der Waals surface area contributed by atoms with E-state index in [1.807, 2.05) is 0 Å². The molecule has 0 aliphatic rings. The summed E-state index contributed by atoms with van der Waals surface area (Å²) >= 11 is 0. The molecule has 19 heavy (non-hydrogen) atoms. The number of aromatic carboxylic acids is 1. The first kappa shape index (κ1) is 14.3. The SMILES string of the molecule is COc1ccc(/C=N/N=C(N)N)c(C(=O)O)c1OC. The normalized spacial score (nSPS) is 10.2. The van der Waals surface area contributed by atoms with Crippen LogP contribution in [-0.2, 0) is 0 Å². The van der Waals surface area contributed by atoms with E-state index in [1.54, 1.807) is 6.07 Å². The van der Waals surface area contributed by atoms with E-state index in [0.29, 0.717) is 5.75 Å². The summed E-state index contributed by atoms with van der Waals surface area (Å²) in [6.07, 6.45) is 1.21. The number of guanidine groups is 1. The second-order valence-corrected chi connectivity index (χ2v) is 3.34. The summed E-state index contributed by atoms with van der Waals surface area (Å²) in [4.78, 5) is 11.3. The minimum Gasteiger partial charge on any atom is -0.493 e. The second kappa shape index (κ2) is 6.24. The van der Waals surface area contributed by atoms with E-state index in [4.69, 9.17) is 20.9 Å². The maximum absolute atomic E-state index is 11.3. The van der Waals surface area contributed by atoms with Gasteiger partial charge in [0.1, 0.15) is 5.56 Å². The topological polar surface area (TPSA) is 133 Å². The number of carbonyl (C=O) groups is 1. The van der Waals surface area contributed by atoms with Crippen LogP contribution in [0.25, 0.3) is 0 Å². The van der Waals surface area contributed by atoms with E-state index < -0.39 is 5.97 Å². The van der Waals surface area contributed by atoms with Gasteiger partial charge in [0, 0.05) is 5.56 Å². The Balaban J connectivity index is 3.36. The third-order valence-corrected chi connectivity index (χ3v) is 2.16. The molecule has 8 nitrogen and oxygen atoms in total. The van der Waals surface area contributed by atoms with Crippen molar-refractivity contribution in [3.63, 3.8) is 0 Å². The average molecular weight is 266 g/mol. The summed E-state index contributed by atoms with van der Waals surface area (Å²) in [5.41, 5.74) is 10.4. The van der Waals surface area contributed by atoms with Gasteiger partial charge < -0.3 is 26.0 Å². The number of hydrogen-bond donors (Lipinski definition) is 3. The van der Waals surface area contributed by atoms with E-state index in [0.717, 1.165) is 0 Å². The molecule has 1 aromatic rings. The number of nitrogens with two attached hydrogens (primary N) is 2. The third-order valence-electron chi connectivity index (χ3n) is 2.16. The molecule has 0 aliphatic heterocycles. The van der Waals surface area contributed by atoms with Gasteiger partial charge in [0.2, 0.25) is 5.96 Å². The highest BCUT2D eigenvalue weighted by atomic mass is 16.5. The molecule has 0 saturated heterocycles. The highest BCUT2D eigenvalue weighted by Crippen LogP contribution is 2.32. The van der Waals surface area contributed by atoms with Crippen molar-refractivity contribution in [2.45, 2.75) is 0 Å². The molecule has 8 heteroatoms. The molecule has 0 heterocycles. The Morgan fingerprint density at radius 1 is 1.32 bits per heavy atom. The Morgan fingerprint density at radius 2 is 2.00 bits per heavy atom. The molecular formula is C11H14N4O4. The molecule has 0 unspecified atom stereocenters. The van der Waals surface area contributed by atoms with E-state index in [9.17, 15) is 9.90 Å². The molecule has 0 aliphatic carbocycles. The summed E-state index contributed by atoms with van der Waals surface area (Å²) in [5, 5.41) is 16.2. The van der Waals surface area contributed by atoms with Gasteiger partial charge in [-0.3, -0.25) is 0 Å². The van der Waals surface area contributed by atoms with Crippen LogP contribution in [0.4, 0.5) is 0 Å². The zero-order valence-electron chi connectivity index (χ0n) is 10.5. The van der Waals surface area contributed by atoms with Crippen LogP contribution in [-0.4, -0.2) is 37.5 Å². The Kier molecular flexibility index (Phi) is 4.69. The summed E-state index contributed by atoms with van der Waals surface area (Å²) in [7, 11) is 2.76. The number of methoxy groups -OCH3 is 2. The van der Waals surface area contributed by atoms with Crippen LogP contribution >= 0.6 is 0 Å². The highest BCUT2D eigenvalue weighted by molar-refractivity contribution is 6.01. The maximum atomic E-state index is 11.3. The first-order chi connectivity index (χ1) is 9.01. The van der Waals surface area contributed by atoms with Gasteiger partial charge in [0.25, 0.3) is 0 Å². The molecule has 0 fully saturated rings. The minimum absolute atomic E-state index is 0.0867. The number of hydrogen-bond acceptors (Lipinski definition) is 5. The van der Waals surface area contributed by atoms with Crippen LogP contribution in [0.15, 0.2) is 22.3 Å². The Bertz CT molecular complexity index is 536. The van der Waals surface area contributed by atoms with Crippen molar-refractivity contribution < 1.29 is 19.4 Å². The Labute approximate surface area is 109 Å². The summed E-state index contributed by atoms with van der Waals surface area (Å²) in [6, 6.07) is 3.07. The first-order valence-electron chi connectivity index (χ1n) is 5.11. The van der Waals surface area contributed by atoms with Crippen molar-refractivity contribution >= 4 is 18.1 Å². The van der Waals surface area contributed by atoms with Crippen molar-refractivity contribution in [2.75, 3.05) is 14.2 Å². The van der Waals surface area contributed by atoms with Crippen LogP contribution in [0.5, 0.6) is 11.5 Å². The second-order valence-electron chi connectivity index (χ2n) is 3.34. The average Bonchev–Trinajstić information content (AvgIpc) is 2.37. The van der Waals surface area contributed by atoms with Gasteiger partial charge >= 0.3 is 5.97 Å². The number of benzene rings is 1. The fourth-order valence-corrected chi connectivity index (χ4v) is 1.43. The summed E-state index contributed by atoms with van der Waals surface area (Å²) < 4.78 is 10.1. The molecule has 5 N–H and O–H groups in total. The molecular weight excluding hydrogens is 252 g/mol. The fourth-order valence-electron chi connectivity index (χ4n) is 1.43. The van der Waals surface area contributed by atoms with Gasteiger partial charge in [0.05, 0.1) is 20.4 Å². The molecule has 0 spiro atoms. The lowest BCUT2D eigenvalue weighted by molar-refractivity contribution is 0.0692. The molecule has 102 valence electrons. The standard InChI is InChI=1S/C11H14N4O4/c1-18-7-4-3-6(5-14-15-11(12)13)8(10(16)17)9(7)19-2/h3-5H,1-2H3,(H,16,17)(H4,12,13,15)/b14-5+. The molecule has 0 radical (unpaired) electrons. The Morgan fingerprint density at radius 3 is 2.47 bits per heavy atom. The van der Waals surface area contributed by atoms with Crippen molar-refractivity contribution in [1.29, 1.82) is 0 Å². The van der Waals surface area contributed by atoms with Crippen LogP contribution in [0.1, 0.15) is 15.9 Å². The lowest BCUT2D eigenvalue weighted by Crippen LogP contribution is -2.21. The Hall–Kier alpha value is -2.77. The van der Waals surface area contributed by atoms with Crippen LogP contribution in [0, 0.1) is 0 Å². The number of ether oxygens (including phenoxy) is 2. The molecule has 0 aromatic heterocycles. The highest BCUT2D eigenvalue weighted by Gasteiger charge is 2.19. The van der Waals surface area contributed by atoms with Gasteiger partial charge in [-0.1, -0.05) is 0 Å². The van der Waals surface area contributed by atoms with Crippen LogP contribution < -0.4 is 20.9 Å². The summed E-state index contributed by atoms with van der Waals surface area (Å²) in [5.74, 6) is -1.00. The smallest absolute Gasteiger partial charge is 0.340 e. The number of nitrogens with zero attached hydrogens (tertiary/aromatic N) is 2. The molecule has 1 rings (SSSR count). The molecule has 0 amide bonds. The van der Waals surface area contributed by atoms with Crippen molar-refractivity contribution in [3.05, 3.63) is 23.3 Å². The van der Waals surface area contributed by atoms with E-state index >= 15 is 0 Å². The molecule has 1 aromatic carbocycles. The predicted octanol–water partition coefficient (Wildman–Crippen LogP) is 0.00930. The van der Waals surface area contributed by atoms with Crippen molar-refractivity contribution in [2.24, 2.45) is 21.7 Å². The van der Waals surface area contributed by atoms with Gasteiger partial charge in [-0.25, -0.2) is 4.79 Å². The van der Waals surface area contributed by atoms with Gasteiger partial charge in [0.15, 0.2) is 11.5 Å². The van der Waals surface area contributed by atoms with Gasteiger partial charge in [-0.2, -0.15) is 5.10 Å². The molecule has 0 saturated carbocycles. The van der Waals surface area contributed by atoms with Gasteiger partial charge in [-0.05, 0) is 12.1 Å². The van der Waals surface area contributed by atoms with Crippen molar-refractivity contribution in [1.82, 2.24) is 0 Å². The monoisotopic (exact) mass is 266 g/mol. The largest absolute Gasteiger partial charge is 0.493 e.